The Morgan fingerprint density at radius 1 is 0.771 bits per heavy atom. The molecule has 11 heteroatoms. The minimum atomic E-state index is -4.96. The Balaban J connectivity index is 1.52. The van der Waals surface area contributed by atoms with Crippen LogP contribution in [0.25, 0.3) is 0 Å². The fourth-order valence-electron chi connectivity index (χ4n) is 5.16. The molecule has 2 atom stereocenters. The number of nitrogens with one attached hydrogen (secondary N) is 2. The summed E-state index contributed by atoms with van der Waals surface area (Å²) < 4.78 is 78.8. The molecule has 5 nitrogen and oxygen atoms in total. The first-order chi connectivity index (χ1) is 16.4. The number of hydrogen-bond donors (Lipinski definition) is 2. The highest BCUT2D eigenvalue weighted by Gasteiger charge is 2.37. The number of rotatable bonds is 6. The lowest BCUT2D eigenvalue weighted by Gasteiger charge is -2.42. The van der Waals surface area contributed by atoms with Gasteiger partial charge < -0.3 is 10.6 Å². The van der Waals surface area contributed by atoms with Gasteiger partial charge in [0.1, 0.15) is 11.4 Å². The standard InChI is InChI=1S/C24H27F6N3O2/c25-23(26,27)15-10-14(11-16(12-15)24(28,29)30)13-31-19-20(22(35)21(19)34)32-17-6-2-3-7-18(17)33-8-4-1-5-9-33/h10-12,17-18,31-32H,1-9,13H2/t17-,18-/m0/s1. The highest BCUT2D eigenvalue weighted by Crippen LogP contribution is 2.36. The molecule has 4 rings (SSSR count). The molecule has 1 aliphatic carbocycles. The van der Waals surface area contributed by atoms with Crippen molar-refractivity contribution in [3.8, 4) is 0 Å². The lowest BCUT2D eigenvalue weighted by molar-refractivity contribution is -0.143. The maximum absolute atomic E-state index is 13.1. The average Bonchev–Trinajstić information content (AvgIpc) is 2.82. The van der Waals surface area contributed by atoms with Gasteiger partial charge in [-0.05, 0) is 62.5 Å². The van der Waals surface area contributed by atoms with Crippen molar-refractivity contribution in [2.24, 2.45) is 0 Å². The van der Waals surface area contributed by atoms with Gasteiger partial charge >= 0.3 is 12.4 Å². The summed E-state index contributed by atoms with van der Waals surface area (Å²) >= 11 is 0. The fourth-order valence-corrected chi connectivity index (χ4v) is 5.16. The summed E-state index contributed by atoms with van der Waals surface area (Å²) in [6.07, 6.45) is -2.75. The van der Waals surface area contributed by atoms with Crippen LogP contribution in [0.3, 0.4) is 0 Å². The van der Waals surface area contributed by atoms with E-state index in [1.165, 1.54) is 6.42 Å². The number of alkyl halides is 6. The van der Waals surface area contributed by atoms with Crippen molar-refractivity contribution >= 4 is 11.4 Å². The number of benzene rings is 1. The van der Waals surface area contributed by atoms with Crippen LogP contribution in [-0.2, 0) is 18.9 Å². The molecule has 0 radical (unpaired) electrons. The van der Waals surface area contributed by atoms with Gasteiger partial charge in [-0.15, -0.1) is 0 Å². The van der Waals surface area contributed by atoms with Crippen molar-refractivity contribution in [2.75, 3.05) is 23.7 Å². The maximum atomic E-state index is 13.1. The Hall–Kier alpha value is -2.56. The molecule has 2 aromatic rings. The maximum Gasteiger partial charge on any atom is 0.416 e. The van der Waals surface area contributed by atoms with Crippen LogP contribution in [0.5, 0.6) is 0 Å². The Kier molecular flexibility index (Phi) is 7.17. The first-order valence-corrected chi connectivity index (χ1v) is 11.8. The second-order valence-corrected chi connectivity index (χ2v) is 9.38. The van der Waals surface area contributed by atoms with E-state index in [2.05, 4.69) is 15.5 Å². The van der Waals surface area contributed by atoms with Crippen molar-refractivity contribution in [3.63, 3.8) is 0 Å². The monoisotopic (exact) mass is 503 g/mol. The number of halogens is 6. The minimum absolute atomic E-state index is 0.0532. The number of piperidine rings is 1. The first kappa shape index (κ1) is 25.5. The molecule has 1 heterocycles. The van der Waals surface area contributed by atoms with Gasteiger partial charge in [-0.25, -0.2) is 0 Å². The SMILES string of the molecule is O=c1c(NCc2cc(C(F)(F)F)cc(C(F)(F)F)c2)c(N[C@H]2CCCC[C@@H]2N2CCCCC2)c1=O. The number of likely N-dealkylation sites (tertiary alicyclic amines) is 1. The van der Waals surface area contributed by atoms with E-state index in [1.54, 1.807) is 0 Å². The highest BCUT2D eigenvalue weighted by molar-refractivity contribution is 5.74. The zero-order chi connectivity index (χ0) is 25.4. The quantitative estimate of drug-likeness (QED) is 0.422. The summed E-state index contributed by atoms with van der Waals surface area (Å²) in [7, 11) is 0. The van der Waals surface area contributed by atoms with Gasteiger partial charge in [0.05, 0.1) is 11.1 Å². The van der Waals surface area contributed by atoms with Gasteiger partial charge in [0.15, 0.2) is 0 Å². The third-order valence-corrected chi connectivity index (χ3v) is 6.95. The summed E-state index contributed by atoms with van der Waals surface area (Å²) in [6.45, 7) is 1.47. The van der Waals surface area contributed by atoms with Crippen LogP contribution >= 0.6 is 0 Å². The topological polar surface area (TPSA) is 61.4 Å². The molecule has 0 aromatic heterocycles. The van der Waals surface area contributed by atoms with Crippen LogP contribution < -0.4 is 21.5 Å². The van der Waals surface area contributed by atoms with E-state index >= 15 is 0 Å². The molecule has 1 saturated carbocycles. The van der Waals surface area contributed by atoms with E-state index < -0.39 is 40.9 Å². The Morgan fingerprint density at radius 2 is 1.34 bits per heavy atom. The molecule has 2 fully saturated rings. The minimum Gasteiger partial charge on any atom is -0.376 e. The number of hydrogen-bond acceptors (Lipinski definition) is 5. The molecule has 0 bridgehead atoms. The molecule has 0 spiro atoms. The second kappa shape index (κ2) is 9.83. The predicted octanol–water partition coefficient (Wildman–Crippen LogP) is 5.14. The predicted molar refractivity (Wildman–Crippen MR) is 120 cm³/mol. The third kappa shape index (κ3) is 5.65. The summed E-state index contributed by atoms with van der Waals surface area (Å²) in [5.41, 5.74) is -4.75. The van der Waals surface area contributed by atoms with E-state index in [0.29, 0.717) is 12.1 Å². The largest absolute Gasteiger partial charge is 0.416 e. The molecular formula is C24H27F6N3O2. The lowest BCUT2D eigenvalue weighted by Crippen LogP contribution is -2.52. The molecule has 1 aliphatic heterocycles. The van der Waals surface area contributed by atoms with Gasteiger partial charge in [-0.1, -0.05) is 19.3 Å². The molecule has 0 unspecified atom stereocenters. The van der Waals surface area contributed by atoms with Gasteiger partial charge in [0, 0.05) is 18.6 Å². The van der Waals surface area contributed by atoms with Crippen LogP contribution in [0.4, 0.5) is 37.7 Å². The molecule has 2 aliphatic rings. The van der Waals surface area contributed by atoms with Crippen molar-refractivity contribution < 1.29 is 26.3 Å². The van der Waals surface area contributed by atoms with E-state index in [0.717, 1.165) is 51.6 Å². The Morgan fingerprint density at radius 3 is 1.94 bits per heavy atom. The molecule has 2 aromatic carbocycles. The van der Waals surface area contributed by atoms with Crippen LogP contribution in [0.2, 0.25) is 0 Å². The van der Waals surface area contributed by atoms with Crippen LogP contribution in [0.15, 0.2) is 27.8 Å². The first-order valence-electron chi connectivity index (χ1n) is 11.8. The Bertz CT molecular complexity index is 1080. The molecule has 1 saturated heterocycles. The molecule has 35 heavy (non-hydrogen) atoms. The molecule has 192 valence electrons. The van der Waals surface area contributed by atoms with Gasteiger partial charge in [0.2, 0.25) is 0 Å². The van der Waals surface area contributed by atoms with Crippen LogP contribution in [-0.4, -0.2) is 30.1 Å². The van der Waals surface area contributed by atoms with Gasteiger partial charge in [-0.2, -0.15) is 26.3 Å². The summed E-state index contributed by atoms with van der Waals surface area (Å²) in [5.74, 6) is 0. The van der Waals surface area contributed by atoms with Gasteiger partial charge in [-0.3, -0.25) is 14.5 Å². The fraction of sp³-hybridized carbons (Fsp3) is 0.583. The molecule has 2 N–H and O–H groups in total. The average molecular weight is 503 g/mol. The van der Waals surface area contributed by atoms with Crippen molar-refractivity contribution in [3.05, 3.63) is 55.3 Å². The zero-order valence-corrected chi connectivity index (χ0v) is 19.0. The smallest absolute Gasteiger partial charge is 0.376 e. The van der Waals surface area contributed by atoms with E-state index in [-0.39, 0.29) is 35.1 Å². The van der Waals surface area contributed by atoms with Crippen molar-refractivity contribution in [1.29, 1.82) is 0 Å². The summed E-state index contributed by atoms with van der Waals surface area (Å²) in [4.78, 5) is 26.9. The zero-order valence-electron chi connectivity index (χ0n) is 19.0. The normalized spacial score (nSPS) is 22.3. The van der Waals surface area contributed by atoms with Crippen molar-refractivity contribution in [1.82, 2.24) is 4.90 Å². The third-order valence-electron chi connectivity index (χ3n) is 6.95. The van der Waals surface area contributed by atoms with E-state index in [4.69, 9.17) is 0 Å². The summed E-state index contributed by atoms with van der Waals surface area (Å²) in [6, 6.07) is 1.41. The highest BCUT2D eigenvalue weighted by atomic mass is 19.4. The summed E-state index contributed by atoms with van der Waals surface area (Å²) in [5, 5.41) is 5.79. The number of nitrogens with zero attached hydrogens (tertiary/aromatic N) is 1. The number of anilines is 2. The molecular weight excluding hydrogens is 476 g/mol. The Labute approximate surface area is 198 Å². The lowest BCUT2D eigenvalue weighted by atomic mass is 9.87. The molecule has 0 amide bonds. The van der Waals surface area contributed by atoms with Crippen LogP contribution in [0, 0.1) is 0 Å². The second-order valence-electron chi connectivity index (χ2n) is 9.38. The van der Waals surface area contributed by atoms with Crippen LogP contribution in [0.1, 0.15) is 61.6 Å². The van der Waals surface area contributed by atoms with E-state index in [1.807, 2.05) is 0 Å². The van der Waals surface area contributed by atoms with E-state index in [9.17, 15) is 35.9 Å². The van der Waals surface area contributed by atoms with Gasteiger partial charge in [0.25, 0.3) is 10.9 Å². The van der Waals surface area contributed by atoms with Crippen molar-refractivity contribution in [2.45, 2.75) is 75.9 Å².